The fourth-order valence-electron chi connectivity index (χ4n) is 3.07. The lowest BCUT2D eigenvalue weighted by Gasteiger charge is -2.26. The SMILES string of the molecule is CC(C)(C)[S@@+]([O-])N[C@@H]1CCc2c(C(=O)OCc3ccccc3)cccc21. The fourth-order valence-corrected chi connectivity index (χ4v) is 3.93. The highest BCUT2D eigenvalue weighted by molar-refractivity contribution is 7.90. The zero-order chi connectivity index (χ0) is 18.7. The summed E-state index contributed by atoms with van der Waals surface area (Å²) in [5.74, 6) is -0.303. The number of carbonyl (C=O) groups is 1. The molecule has 0 radical (unpaired) electrons. The van der Waals surface area contributed by atoms with Gasteiger partial charge >= 0.3 is 5.97 Å². The average Bonchev–Trinajstić information content (AvgIpc) is 3.03. The van der Waals surface area contributed by atoms with Crippen molar-refractivity contribution in [2.24, 2.45) is 0 Å². The van der Waals surface area contributed by atoms with Gasteiger partial charge in [0.05, 0.1) is 11.6 Å². The molecule has 0 bridgehead atoms. The lowest BCUT2D eigenvalue weighted by atomic mass is 10.0. The van der Waals surface area contributed by atoms with E-state index in [1.807, 2.05) is 69.3 Å². The van der Waals surface area contributed by atoms with Crippen LogP contribution < -0.4 is 4.72 Å². The highest BCUT2D eigenvalue weighted by atomic mass is 32.2. The van der Waals surface area contributed by atoms with Crippen molar-refractivity contribution < 1.29 is 14.1 Å². The number of benzene rings is 2. The van der Waals surface area contributed by atoms with Crippen molar-refractivity contribution >= 4 is 17.3 Å². The van der Waals surface area contributed by atoms with Gasteiger partial charge in [0.1, 0.15) is 11.4 Å². The minimum absolute atomic E-state index is 0.00642. The largest absolute Gasteiger partial charge is 0.598 e. The van der Waals surface area contributed by atoms with Gasteiger partial charge in [-0.15, -0.1) is 4.72 Å². The summed E-state index contributed by atoms with van der Waals surface area (Å²) in [5.41, 5.74) is 3.64. The van der Waals surface area contributed by atoms with E-state index in [9.17, 15) is 9.35 Å². The van der Waals surface area contributed by atoms with Gasteiger partial charge in [0.15, 0.2) is 0 Å². The Labute approximate surface area is 158 Å². The minimum Gasteiger partial charge on any atom is -0.598 e. The topological polar surface area (TPSA) is 61.4 Å². The molecule has 0 heterocycles. The summed E-state index contributed by atoms with van der Waals surface area (Å²) in [6.45, 7) is 6.11. The molecule has 2 atom stereocenters. The summed E-state index contributed by atoms with van der Waals surface area (Å²) in [4.78, 5) is 12.6. The molecule has 5 heteroatoms. The minimum atomic E-state index is -1.15. The van der Waals surface area contributed by atoms with Crippen molar-refractivity contribution in [2.75, 3.05) is 0 Å². The Balaban J connectivity index is 1.72. The molecule has 0 saturated heterocycles. The first-order chi connectivity index (χ1) is 12.4. The van der Waals surface area contributed by atoms with E-state index >= 15 is 0 Å². The molecule has 26 heavy (non-hydrogen) atoms. The third-order valence-corrected chi connectivity index (χ3v) is 6.12. The number of hydrogen-bond acceptors (Lipinski definition) is 4. The summed E-state index contributed by atoms with van der Waals surface area (Å²) >= 11 is -1.15. The molecule has 0 spiro atoms. The zero-order valence-electron chi connectivity index (χ0n) is 15.5. The molecular weight excluding hydrogens is 346 g/mol. The lowest BCUT2D eigenvalue weighted by Crippen LogP contribution is -2.40. The highest BCUT2D eigenvalue weighted by Crippen LogP contribution is 2.35. The Morgan fingerprint density at radius 3 is 2.62 bits per heavy atom. The number of esters is 1. The first-order valence-corrected chi connectivity index (χ1v) is 10.0. The molecule has 2 aromatic rings. The van der Waals surface area contributed by atoms with Crippen LogP contribution in [0.2, 0.25) is 0 Å². The number of ether oxygens (including phenoxy) is 1. The standard InChI is InChI=1S/C21H25NO3S/c1-21(2,3)26(24)22-19-13-12-16-17(19)10-7-11-18(16)20(23)25-14-15-8-5-4-6-9-15/h4-11,19,22H,12-14H2,1-3H3/t19-,26-/m1/s1. The second-order valence-corrected chi connectivity index (χ2v) is 9.52. The van der Waals surface area contributed by atoms with Crippen molar-refractivity contribution in [3.8, 4) is 0 Å². The van der Waals surface area contributed by atoms with Crippen molar-refractivity contribution in [1.29, 1.82) is 0 Å². The van der Waals surface area contributed by atoms with E-state index in [0.717, 1.165) is 29.5 Å². The van der Waals surface area contributed by atoms with Crippen molar-refractivity contribution in [3.05, 3.63) is 70.8 Å². The molecule has 0 amide bonds. The Morgan fingerprint density at radius 2 is 1.92 bits per heavy atom. The lowest BCUT2D eigenvalue weighted by molar-refractivity contribution is 0.0471. The summed E-state index contributed by atoms with van der Waals surface area (Å²) in [6.07, 6.45) is 1.62. The van der Waals surface area contributed by atoms with Gasteiger partial charge in [0.25, 0.3) is 0 Å². The van der Waals surface area contributed by atoms with E-state index in [-0.39, 0.29) is 23.4 Å². The van der Waals surface area contributed by atoms with Gasteiger partial charge < -0.3 is 9.29 Å². The Hall–Kier alpha value is -1.82. The van der Waals surface area contributed by atoms with Crippen LogP contribution in [0.1, 0.15) is 60.3 Å². The van der Waals surface area contributed by atoms with Gasteiger partial charge in [-0.3, -0.25) is 0 Å². The number of carbonyl (C=O) groups excluding carboxylic acids is 1. The van der Waals surface area contributed by atoms with E-state index in [1.54, 1.807) is 0 Å². The van der Waals surface area contributed by atoms with E-state index in [4.69, 9.17) is 4.74 Å². The van der Waals surface area contributed by atoms with Crippen molar-refractivity contribution in [3.63, 3.8) is 0 Å². The van der Waals surface area contributed by atoms with Gasteiger partial charge in [0.2, 0.25) is 0 Å². The second-order valence-electron chi connectivity index (χ2n) is 7.53. The van der Waals surface area contributed by atoms with Gasteiger partial charge in [-0.25, -0.2) is 4.79 Å². The van der Waals surface area contributed by atoms with Crippen molar-refractivity contribution in [2.45, 2.75) is 51.0 Å². The third kappa shape index (κ3) is 4.29. The molecule has 1 N–H and O–H groups in total. The summed E-state index contributed by atoms with van der Waals surface area (Å²) < 4.78 is 20.8. The predicted molar refractivity (Wildman–Crippen MR) is 104 cm³/mol. The Bertz CT molecular complexity index is 771. The molecule has 0 unspecified atom stereocenters. The van der Waals surface area contributed by atoms with E-state index < -0.39 is 11.4 Å². The fraction of sp³-hybridized carbons (Fsp3) is 0.381. The van der Waals surface area contributed by atoms with Crippen LogP contribution in [0.4, 0.5) is 0 Å². The molecule has 1 aliphatic rings. The molecular formula is C21H25NO3S. The third-order valence-electron chi connectivity index (χ3n) is 4.51. The molecule has 0 aliphatic heterocycles. The smallest absolute Gasteiger partial charge is 0.338 e. The molecule has 138 valence electrons. The summed E-state index contributed by atoms with van der Waals surface area (Å²) in [5, 5.41) is 0. The maximum Gasteiger partial charge on any atom is 0.338 e. The van der Waals surface area contributed by atoms with Gasteiger partial charge in [0, 0.05) is 11.4 Å². The maximum absolute atomic E-state index is 12.6. The quantitative estimate of drug-likeness (QED) is 0.635. The Morgan fingerprint density at radius 1 is 1.19 bits per heavy atom. The monoisotopic (exact) mass is 371 g/mol. The van der Waals surface area contributed by atoms with Crippen LogP contribution in [0.5, 0.6) is 0 Å². The molecule has 4 nitrogen and oxygen atoms in total. The van der Waals surface area contributed by atoms with Crippen LogP contribution in [-0.2, 0) is 29.1 Å². The second kappa shape index (κ2) is 7.82. The average molecular weight is 372 g/mol. The molecule has 0 saturated carbocycles. The van der Waals surface area contributed by atoms with Crippen LogP contribution in [0.25, 0.3) is 0 Å². The molecule has 2 aromatic carbocycles. The predicted octanol–water partition coefficient (Wildman–Crippen LogP) is 4.08. The maximum atomic E-state index is 12.6. The van der Waals surface area contributed by atoms with Crippen molar-refractivity contribution in [1.82, 2.24) is 4.72 Å². The zero-order valence-corrected chi connectivity index (χ0v) is 16.3. The van der Waals surface area contributed by atoms with Crippen LogP contribution in [0.3, 0.4) is 0 Å². The highest BCUT2D eigenvalue weighted by Gasteiger charge is 2.34. The van der Waals surface area contributed by atoms with Gasteiger partial charge in [-0.2, -0.15) is 0 Å². The number of nitrogens with one attached hydrogen (secondary N) is 1. The normalized spacial score (nSPS) is 17.6. The number of rotatable bonds is 5. The van der Waals surface area contributed by atoms with Crippen LogP contribution in [-0.4, -0.2) is 15.3 Å². The Kier molecular flexibility index (Phi) is 5.70. The summed E-state index contributed by atoms with van der Waals surface area (Å²) in [6, 6.07) is 15.4. The van der Waals surface area contributed by atoms with Gasteiger partial charge in [-0.1, -0.05) is 42.5 Å². The summed E-state index contributed by atoms with van der Waals surface area (Å²) in [7, 11) is 0. The van der Waals surface area contributed by atoms with Crippen LogP contribution in [0.15, 0.2) is 48.5 Å². The van der Waals surface area contributed by atoms with Crippen LogP contribution >= 0.6 is 0 Å². The van der Waals surface area contributed by atoms with Crippen LogP contribution in [0, 0.1) is 0 Å². The molecule has 0 fully saturated rings. The van der Waals surface area contributed by atoms with E-state index in [2.05, 4.69) is 4.72 Å². The first kappa shape index (κ1) is 19.0. The molecule has 1 aliphatic carbocycles. The van der Waals surface area contributed by atoms with E-state index in [0.29, 0.717) is 5.56 Å². The first-order valence-electron chi connectivity index (χ1n) is 8.87. The van der Waals surface area contributed by atoms with Gasteiger partial charge in [-0.05, 0) is 56.4 Å². The number of fused-ring (bicyclic) bond motifs is 1. The molecule has 3 rings (SSSR count). The molecule has 0 aromatic heterocycles. The van der Waals surface area contributed by atoms with E-state index in [1.165, 1.54) is 0 Å². The number of hydrogen-bond donors (Lipinski definition) is 1.